The van der Waals surface area contributed by atoms with Crippen molar-refractivity contribution in [2.24, 2.45) is 5.92 Å². The summed E-state index contributed by atoms with van der Waals surface area (Å²) in [5.41, 5.74) is 0.363. The van der Waals surface area contributed by atoms with E-state index in [-0.39, 0.29) is 17.2 Å². The van der Waals surface area contributed by atoms with Crippen LogP contribution in [0.25, 0.3) is 0 Å². The number of aromatic nitrogens is 1. The SMILES string of the molecule is COC(=O)c1sc(NC(=O)C2CCNCC2)nc1C(C)(C)C. The van der Waals surface area contributed by atoms with Crippen LogP contribution in [0.1, 0.15) is 49.0 Å². The number of nitrogens with zero attached hydrogens (tertiary/aromatic N) is 1. The Morgan fingerprint density at radius 2 is 1.95 bits per heavy atom. The van der Waals surface area contributed by atoms with Crippen molar-refractivity contribution in [3.8, 4) is 0 Å². The summed E-state index contributed by atoms with van der Waals surface area (Å²) in [5.74, 6) is -0.429. The van der Waals surface area contributed by atoms with Gasteiger partial charge in [-0.2, -0.15) is 0 Å². The standard InChI is InChI=1S/C15H23N3O3S/c1-15(2,3)11-10(13(20)21-4)22-14(17-11)18-12(19)9-5-7-16-8-6-9/h9,16H,5-8H2,1-4H3,(H,17,18,19). The number of rotatable bonds is 3. The number of hydrogen-bond acceptors (Lipinski definition) is 6. The highest BCUT2D eigenvalue weighted by Gasteiger charge is 2.29. The number of anilines is 1. The first-order chi connectivity index (χ1) is 10.3. The predicted octanol–water partition coefficient (Wildman–Crippen LogP) is 2.17. The number of amides is 1. The Morgan fingerprint density at radius 1 is 1.32 bits per heavy atom. The van der Waals surface area contributed by atoms with E-state index in [1.807, 2.05) is 20.8 Å². The first-order valence-electron chi connectivity index (χ1n) is 7.44. The van der Waals surface area contributed by atoms with Crippen LogP contribution < -0.4 is 10.6 Å². The third-order valence-corrected chi connectivity index (χ3v) is 4.60. The van der Waals surface area contributed by atoms with E-state index in [4.69, 9.17) is 4.74 Å². The first kappa shape index (κ1) is 16.9. The summed E-state index contributed by atoms with van der Waals surface area (Å²) in [7, 11) is 1.35. The maximum Gasteiger partial charge on any atom is 0.350 e. The summed E-state index contributed by atoms with van der Waals surface area (Å²) in [6.45, 7) is 7.65. The number of ether oxygens (including phenoxy) is 1. The minimum atomic E-state index is -0.412. The molecule has 122 valence electrons. The molecule has 22 heavy (non-hydrogen) atoms. The largest absolute Gasteiger partial charge is 0.465 e. The van der Waals surface area contributed by atoms with E-state index in [0.29, 0.717) is 15.7 Å². The van der Waals surface area contributed by atoms with Gasteiger partial charge in [-0.25, -0.2) is 9.78 Å². The number of piperidine rings is 1. The van der Waals surface area contributed by atoms with Gasteiger partial charge in [0.25, 0.3) is 0 Å². The summed E-state index contributed by atoms with van der Waals surface area (Å²) in [6.07, 6.45) is 1.65. The van der Waals surface area contributed by atoms with Crippen molar-refractivity contribution in [1.29, 1.82) is 0 Å². The summed E-state index contributed by atoms with van der Waals surface area (Å²) in [4.78, 5) is 29.1. The molecule has 0 aromatic carbocycles. The van der Waals surface area contributed by atoms with Gasteiger partial charge < -0.3 is 15.4 Å². The maximum absolute atomic E-state index is 12.3. The van der Waals surface area contributed by atoms with Crippen molar-refractivity contribution in [2.45, 2.75) is 39.0 Å². The normalized spacial score (nSPS) is 16.4. The molecule has 1 amide bonds. The molecule has 0 radical (unpaired) electrons. The molecule has 1 aliphatic rings. The van der Waals surface area contributed by atoms with Gasteiger partial charge in [0.15, 0.2) is 5.13 Å². The quantitative estimate of drug-likeness (QED) is 0.833. The van der Waals surface area contributed by atoms with Gasteiger partial charge in [0, 0.05) is 11.3 Å². The monoisotopic (exact) mass is 325 g/mol. The molecule has 0 aliphatic carbocycles. The van der Waals surface area contributed by atoms with Crippen molar-refractivity contribution in [3.05, 3.63) is 10.6 Å². The third kappa shape index (κ3) is 3.84. The Kier molecular flexibility index (Phi) is 5.18. The number of carbonyl (C=O) groups is 2. The van der Waals surface area contributed by atoms with E-state index in [2.05, 4.69) is 15.6 Å². The summed E-state index contributed by atoms with van der Waals surface area (Å²) in [5, 5.41) is 6.56. The van der Waals surface area contributed by atoms with E-state index in [1.54, 1.807) is 0 Å². The van der Waals surface area contributed by atoms with Gasteiger partial charge in [0.2, 0.25) is 5.91 Å². The van der Waals surface area contributed by atoms with Crippen LogP contribution in [0, 0.1) is 5.92 Å². The average molecular weight is 325 g/mol. The molecule has 0 saturated carbocycles. The lowest BCUT2D eigenvalue weighted by Gasteiger charge is -2.21. The van der Waals surface area contributed by atoms with Crippen molar-refractivity contribution >= 4 is 28.3 Å². The Labute approximate surface area is 134 Å². The predicted molar refractivity (Wildman–Crippen MR) is 86.4 cm³/mol. The van der Waals surface area contributed by atoms with Crippen LogP contribution in [0.5, 0.6) is 0 Å². The fourth-order valence-corrected chi connectivity index (χ4v) is 3.50. The number of methoxy groups -OCH3 is 1. The van der Waals surface area contributed by atoms with Crippen LogP contribution in [0.2, 0.25) is 0 Å². The smallest absolute Gasteiger partial charge is 0.350 e. The molecular weight excluding hydrogens is 302 g/mol. The van der Waals surface area contributed by atoms with Crippen LogP contribution in [0.15, 0.2) is 0 Å². The third-order valence-electron chi connectivity index (χ3n) is 3.65. The van der Waals surface area contributed by atoms with Crippen LogP contribution in [0.4, 0.5) is 5.13 Å². The van der Waals surface area contributed by atoms with Gasteiger partial charge >= 0.3 is 5.97 Å². The zero-order chi connectivity index (χ0) is 16.3. The van der Waals surface area contributed by atoms with Gasteiger partial charge in [0.05, 0.1) is 12.8 Å². The summed E-state index contributed by atoms with van der Waals surface area (Å²) >= 11 is 1.18. The zero-order valence-corrected chi connectivity index (χ0v) is 14.3. The molecule has 1 aromatic heterocycles. The lowest BCUT2D eigenvalue weighted by molar-refractivity contribution is -0.120. The van der Waals surface area contributed by atoms with Crippen molar-refractivity contribution in [3.63, 3.8) is 0 Å². The first-order valence-corrected chi connectivity index (χ1v) is 8.25. The van der Waals surface area contributed by atoms with Gasteiger partial charge in [-0.3, -0.25) is 4.79 Å². The second-order valence-corrected chi connectivity index (χ2v) is 7.45. The Bertz CT molecular complexity index is 557. The Morgan fingerprint density at radius 3 is 2.50 bits per heavy atom. The average Bonchev–Trinajstić information content (AvgIpc) is 2.91. The second kappa shape index (κ2) is 6.75. The van der Waals surface area contributed by atoms with E-state index in [1.165, 1.54) is 18.4 Å². The fourth-order valence-electron chi connectivity index (χ4n) is 2.40. The molecule has 7 heteroatoms. The number of carbonyl (C=O) groups excluding carboxylic acids is 2. The van der Waals surface area contributed by atoms with E-state index < -0.39 is 5.97 Å². The molecule has 0 atom stereocenters. The Balaban J connectivity index is 2.19. The molecule has 0 unspecified atom stereocenters. The molecule has 2 heterocycles. The topological polar surface area (TPSA) is 80.3 Å². The molecule has 0 spiro atoms. The van der Waals surface area contributed by atoms with Crippen molar-refractivity contribution in [2.75, 3.05) is 25.5 Å². The minimum absolute atomic E-state index is 0.00446. The fraction of sp³-hybridized carbons (Fsp3) is 0.667. The molecule has 1 saturated heterocycles. The van der Waals surface area contributed by atoms with Gasteiger partial charge in [-0.15, -0.1) is 0 Å². The molecule has 1 aliphatic heterocycles. The highest BCUT2D eigenvalue weighted by Crippen LogP contribution is 2.33. The molecule has 6 nitrogen and oxygen atoms in total. The van der Waals surface area contributed by atoms with Crippen LogP contribution >= 0.6 is 11.3 Å². The number of hydrogen-bond donors (Lipinski definition) is 2. The molecule has 2 N–H and O–H groups in total. The van der Waals surface area contributed by atoms with E-state index >= 15 is 0 Å². The van der Waals surface area contributed by atoms with Crippen LogP contribution in [-0.4, -0.2) is 37.1 Å². The van der Waals surface area contributed by atoms with Gasteiger partial charge in [-0.1, -0.05) is 32.1 Å². The Hall–Kier alpha value is -1.47. The summed E-state index contributed by atoms with van der Waals surface area (Å²) < 4.78 is 4.82. The number of esters is 1. The number of nitrogens with one attached hydrogen (secondary N) is 2. The van der Waals surface area contributed by atoms with E-state index in [0.717, 1.165) is 25.9 Å². The highest BCUT2D eigenvalue weighted by atomic mass is 32.1. The molecule has 1 aromatic rings. The van der Waals surface area contributed by atoms with Crippen molar-refractivity contribution < 1.29 is 14.3 Å². The minimum Gasteiger partial charge on any atom is -0.465 e. The molecular formula is C15H23N3O3S. The number of thiazole rings is 1. The molecule has 2 rings (SSSR count). The van der Waals surface area contributed by atoms with Gasteiger partial charge in [-0.05, 0) is 25.9 Å². The highest BCUT2D eigenvalue weighted by molar-refractivity contribution is 7.17. The molecule has 0 bridgehead atoms. The second-order valence-electron chi connectivity index (χ2n) is 6.45. The maximum atomic E-state index is 12.3. The summed E-state index contributed by atoms with van der Waals surface area (Å²) in [6, 6.07) is 0. The zero-order valence-electron chi connectivity index (χ0n) is 13.5. The van der Waals surface area contributed by atoms with Crippen molar-refractivity contribution in [1.82, 2.24) is 10.3 Å². The van der Waals surface area contributed by atoms with Gasteiger partial charge in [0.1, 0.15) is 4.88 Å². The van der Waals surface area contributed by atoms with Crippen LogP contribution in [0.3, 0.4) is 0 Å². The van der Waals surface area contributed by atoms with Crippen LogP contribution in [-0.2, 0) is 14.9 Å². The van der Waals surface area contributed by atoms with E-state index in [9.17, 15) is 9.59 Å². The molecule has 1 fully saturated rings. The lowest BCUT2D eigenvalue weighted by Crippen LogP contribution is -2.34. The lowest BCUT2D eigenvalue weighted by atomic mass is 9.91.